The highest BCUT2D eigenvalue weighted by Crippen LogP contribution is 2.27. The van der Waals surface area contributed by atoms with Gasteiger partial charge in [0.05, 0.1) is 17.9 Å². The lowest BCUT2D eigenvalue weighted by atomic mass is 10.1. The number of aromatic nitrogens is 1. The molecule has 5 heteroatoms. The number of carbonyl (C=O) groups is 1. The van der Waals surface area contributed by atoms with Crippen LogP contribution in [-0.2, 0) is 4.79 Å². The number of nitrogens with one attached hydrogen (secondary N) is 2. The molecule has 2 rings (SSSR count). The number of nitrogen functional groups attached to an aromatic ring is 1. The monoisotopic (exact) mass is 272 g/mol. The molecule has 0 aliphatic carbocycles. The number of rotatable bonds is 3. The average molecular weight is 272 g/mol. The minimum atomic E-state index is -0.237. The molecule has 5 nitrogen and oxygen atoms in total. The van der Waals surface area contributed by atoms with Crippen molar-refractivity contribution in [2.24, 2.45) is 0 Å². The molecule has 0 saturated carbocycles. The lowest BCUT2D eigenvalue weighted by Gasteiger charge is -2.21. The first kappa shape index (κ1) is 14.1. The van der Waals surface area contributed by atoms with Crippen molar-refractivity contribution < 1.29 is 4.79 Å². The highest BCUT2D eigenvalue weighted by atomic mass is 16.2. The molecule has 106 valence electrons. The zero-order chi connectivity index (χ0) is 14.8. The number of hydrogen-bond acceptors (Lipinski definition) is 4. The predicted octanol–water partition coefficient (Wildman–Crippen LogP) is 2.14. The summed E-state index contributed by atoms with van der Waals surface area (Å²) in [6, 6.07) is 5.66. The number of benzene rings is 1. The largest absolute Gasteiger partial charge is 0.397 e. The first-order valence-corrected chi connectivity index (χ1v) is 6.54. The van der Waals surface area contributed by atoms with Gasteiger partial charge in [-0.3, -0.25) is 9.78 Å². The van der Waals surface area contributed by atoms with Crippen molar-refractivity contribution >= 4 is 28.1 Å². The van der Waals surface area contributed by atoms with E-state index in [-0.39, 0.29) is 18.0 Å². The van der Waals surface area contributed by atoms with Crippen LogP contribution in [0.15, 0.2) is 30.6 Å². The van der Waals surface area contributed by atoms with Crippen molar-refractivity contribution in [3.05, 3.63) is 30.6 Å². The fourth-order valence-corrected chi connectivity index (χ4v) is 1.98. The third-order valence-electron chi connectivity index (χ3n) is 2.82. The summed E-state index contributed by atoms with van der Waals surface area (Å²) in [7, 11) is 0. The van der Waals surface area contributed by atoms with Crippen LogP contribution in [0.1, 0.15) is 20.8 Å². The second kappa shape index (κ2) is 5.36. The number of pyridine rings is 1. The van der Waals surface area contributed by atoms with Crippen molar-refractivity contribution in [2.75, 3.05) is 17.6 Å². The van der Waals surface area contributed by atoms with Crippen LogP contribution in [0.25, 0.3) is 10.8 Å². The van der Waals surface area contributed by atoms with Gasteiger partial charge in [-0.25, -0.2) is 0 Å². The Hall–Kier alpha value is -2.30. The van der Waals surface area contributed by atoms with E-state index in [1.807, 2.05) is 39.0 Å². The third kappa shape index (κ3) is 3.38. The zero-order valence-corrected chi connectivity index (χ0v) is 12.0. The van der Waals surface area contributed by atoms with Crippen molar-refractivity contribution in [1.82, 2.24) is 10.3 Å². The highest BCUT2D eigenvalue weighted by molar-refractivity contribution is 5.99. The van der Waals surface area contributed by atoms with Crippen LogP contribution in [0.3, 0.4) is 0 Å². The Morgan fingerprint density at radius 3 is 2.75 bits per heavy atom. The molecule has 1 heterocycles. The Labute approximate surface area is 118 Å². The molecule has 0 bridgehead atoms. The topological polar surface area (TPSA) is 80.0 Å². The van der Waals surface area contributed by atoms with E-state index in [1.54, 1.807) is 12.4 Å². The number of fused-ring (bicyclic) bond motifs is 1. The van der Waals surface area contributed by atoms with Gasteiger partial charge in [0.2, 0.25) is 5.91 Å². The molecular formula is C15H20N4O. The van der Waals surface area contributed by atoms with Crippen LogP contribution >= 0.6 is 0 Å². The maximum absolute atomic E-state index is 11.8. The fourth-order valence-electron chi connectivity index (χ4n) is 1.98. The Balaban J connectivity index is 2.11. The van der Waals surface area contributed by atoms with E-state index in [2.05, 4.69) is 15.6 Å². The van der Waals surface area contributed by atoms with E-state index in [0.717, 1.165) is 16.5 Å². The molecule has 1 aromatic heterocycles. The zero-order valence-electron chi connectivity index (χ0n) is 12.0. The normalized spacial score (nSPS) is 11.3. The van der Waals surface area contributed by atoms with Gasteiger partial charge in [0.25, 0.3) is 0 Å². The lowest BCUT2D eigenvalue weighted by molar-refractivity contribution is -0.120. The molecule has 0 saturated heterocycles. The number of carbonyl (C=O) groups excluding carboxylic acids is 1. The van der Waals surface area contributed by atoms with Crippen LogP contribution < -0.4 is 16.4 Å². The van der Waals surface area contributed by atoms with Crippen LogP contribution in [0.2, 0.25) is 0 Å². The van der Waals surface area contributed by atoms with Crippen LogP contribution in [0.4, 0.5) is 11.4 Å². The molecule has 20 heavy (non-hydrogen) atoms. The molecule has 1 amide bonds. The van der Waals surface area contributed by atoms with Crippen molar-refractivity contribution in [1.29, 1.82) is 0 Å². The van der Waals surface area contributed by atoms with E-state index < -0.39 is 0 Å². The van der Waals surface area contributed by atoms with Crippen LogP contribution in [0.5, 0.6) is 0 Å². The van der Waals surface area contributed by atoms with Gasteiger partial charge in [0, 0.05) is 28.7 Å². The Morgan fingerprint density at radius 1 is 1.30 bits per heavy atom. The smallest absolute Gasteiger partial charge is 0.239 e. The standard InChI is InChI=1S/C15H20N4O/c1-15(2,3)19-13(20)9-18-12-5-4-10-8-17-7-6-11(10)14(12)16/h4-8,18H,9,16H2,1-3H3,(H,19,20). The Kier molecular flexibility index (Phi) is 3.79. The maximum atomic E-state index is 11.8. The molecular weight excluding hydrogens is 252 g/mol. The van der Waals surface area contributed by atoms with Gasteiger partial charge in [-0.05, 0) is 32.9 Å². The molecule has 0 radical (unpaired) electrons. The summed E-state index contributed by atoms with van der Waals surface area (Å²) in [5.74, 6) is -0.0632. The Morgan fingerprint density at radius 2 is 2.05 bits per heavy atom. The van der Waals surface area contributed by atoms with Gasteiger partial charge in [-0.1, -0.05) is 6.07 Å². The maximum Gasteiger partial charge on any atom is 0.239 e. The van der Waals surface area contributed by atoms with Gasteiger partial charge in [0.1, 0.15) is 0 Å². The summed E-state index contributed by atoms with van der Waals surface area (Å²) in [6.45, 7) is 6.03. The quantitative estimate of drug-likeness (QED) is 0.748. The number of hydrogen-bond donors (Lipinski definition) is 3. The molecule has 1 aromatic carbocycles. The van der Waals surface area contributed by atoms with Crippen LogP contribution in [-0.4, -0.2) is 23.0 Å². The third-order valence-corrected chi connectivity index (χ3v) is 2.82. The molecule has 0 aliphatic rings. The van der Waals surface area contributed by atoms with Crippen molar-refractivity contribution in [3.8, 4) is 0 Å². The van der Waals surface area contributed by atoms with E-state index in [9.17, 15) is 4.79 Å². The van der Waals surface area contributed by atoms with Gasteiger partial charge >= 0.3 is 0 Å². The molecule has 4 N–H and O–H groups in total. The van der Waals surface area contributed by atoms with E-state index in [0.29, 0.717) is 5.69 Å². The predicted molar refractivity (Wildman–Crippen MR) is 82.5 cm³/mol. The Bertz CT molecular complexity index is 631. The highest BCUT2D eigenvalue weighted by Gasteiger charge is 2.13. The van der Waals surface area contributed by atoms with Crippen LogP contribution in [0, 0.1) is 0 Å². The van der Waals surface area contributed by atoms with E-state index >= 15 is 0 Å². The summed E-state index contributed by atoms with van der Waals surface area (Å²) < 4.78 is 0. The van der Waals surface area contributed by atoms with Gasteiger partial charge in [-0.15, -0.1) is 0 Å². The first-order chi connectivity index (χ1) is 9.37. The van der Waals surface area contributed by atoms with Gasteiger partial charge in [0.15, 0.2) is 0 Å². The lowest BCUT2D eigenvalue weighted by Crippen LogP contribution is -2.43. The fraction of sp³-hybridized carbons (Fsp3) is 0.333. The molecule has 0 unspecified atom stereocenters. The average Bonchev–Trinajstić information content (AvgIpc) is 2.36. The van der Waals surface area contributed by atoms with Crippen molar-refractivity contribution in [3.63, 3.8) is 0 Å². The molecule has 0 spiro atoms. The summed E-state index contributed by atoms with van der Waals surface area (Å²) in [6.07, 6.45) is 3.47. The van der Waals surface area contributed by atoms with Gasteiger partial charge in [-0.2, -0.15) is 0 Å². The second-order valence-corrected chi connectivity index (χ2v) is 5.78. The number of nitrogens with two attached hydrogens (primary N) is 1. The molecule has 0 fully saturated rings. The SMILES string of the molecule is CC(C)(C)NC(=O)CNc1ccc2cnccc2c1N. The van der Waals surface area contributed by atoms with E-state index in [4.69, 9.17) is 5.73 Å². The minimum absolute atomic E-state index is 0.0632. The van der Waals surface area contributed by atoms with E-state index in [1.165, 1.54) is 0 Å². The summed E-state index contributed by atoms with van der Waals surface area (Å²) >= 11 is 0. The number of amides is 1. The van der Waals surface area contributed by atoms with Gasteiger partial charge < -0.3 is 16.4 Å². The number of anilines is 2. The summed E-state index contributed by atoms with van der Waals surface area (Å²) in [4.78, 5) is 15.8. The molecule has 0 atom stereocenters. The summed E-state index contributed by atoms with van der Waals surface area (Å²) in [5, 5.41) is 7.88. The van der Waals surface area contributed by atoms with Crippen molar-refractivity contribution in [2.45, 2.75) is 26.3 Å². The molecule has 2 aromatic rings. The minimum Gasteiger partial charge on any atom is -0.397 e. The second-order valence-electron chi connectivity index (χ2n) is 5.78. The summed E-state index contributed by atoms with van der Waals surface area (Å²) in [5.41, 5.74) is 7.26. The molecule has 0 aliphatic heterocycles. The first-order valence-electron chi connectivity index (χ1n) is 6.54. The number of nitrogens with zero attached hydrogens (tertiary/aromatic N) is 1.